The molecule has 0 aromatic heterocycles. The molecule has 180 valence electrons. The van der Waals surface area contributed by atoms with Gasteiger partial charge in [0.2, 0.25) is 0 Å². The highest BCUT2D eigenvalue weighted by Gasteiger charge is 2.33. The maximum Gasteiger partial charge on any atom is 0.253 e. The number of amides is 1. The van der Waals surface area contributed by atoms with Crippen LogP contribution in [0, 0.1) is 5.41 Å². The van der Waals surface area contributed by atoms with Crippen molar-refractivity contribution in [2.24, 2.45) is 10.4 Å². The molecule has 2 fully saturated rings. The number of carbonyl (C=O) groups excluding carboxylic acids is 1. The fourth-order valence-electron chi connectivity index (χ4n) is 4.50. The van der Waals surface area contributed by atoms with E-state index in [0.717, 1.165) is 56.2 Å². The number of aliphatic imine (C=N–C) groups is 1. The predicted molar refractivity (Wildman–Crippen MR) is 140 cm³/mol. The SMILES string of the molecule is CCNC(=NCc1cccc(NC(=O)C2CCCO2)c1)NCC1(CCOC)CCCC1.I. The van der Waals surface area contributed by atoms with E-state index in [1.807, 2.05) is 24.3 Å². The Bertz CT molecular complexity index is 732. The molecule has 2 aliphatic rings. The van der Waals surface area contributed by atoms with Gasteiger partial charge in [-0.1, -0.05) is 25.0 Å². The first-order valence-corrected chi connectivity index (χ1v) is 11.7. The number of rotatable bonds is 10. The van der Waals surface area contributed by atoms with Crippen LogP contribution in [-0.4, -0.2) is 51.4 Å². The minimum absolute atomic E-state index is 0. The lowest BCUT2D eigenvalue weighted by atomic mass is 9.83. The molecule has 1 aliphatic carbocycles. The van der Waals surface area contributed by atoms with E-state index in [4.69, 9.17) is 14.5 Å². The highest BCUT2D eigenvalue weighted by Crippen LogP contribution is 2.40. The monoisotopic (exact) mass is 558 g/mol. The summed E-state index contributed by atoms with van der Waals surface area (Å²) in [6.07, 6.45) is 7.58. The number of ether oxygens (including phenoxy) is 2. The molecule has 1 unspecified atom stereocenters. The lowest BCUT2D eigenvalue weighted by Gasteiger charge is -2.30. The molecule has 3 N–H and O–H groups in total. The third-order valence-electron chi connectivity index (χ3n) is 6.31. The van der Waals surface area contributed by atoms with Crippen LogP contribution in [0.5, 0.6) is 0 Å². The Morgan fingerprint density at radius 1 is 1.25 bits per heavy atom. The molecular weight excluding hydrogens is 519 g/mol. The van der Waals surface area contributed by atoms with E-state index in [1.165, 1.54) is 25.7 Å². The summed E-state index contributed by atoms with van der Waals surface area (Å²) in [4.78, 5) is 17.1. The molecule has 32 heavy (non-hydrogen) atoms. The fraction of sp³-hybridized carbons (Fsp3) is 0.667. The summed E-state index contributed by atoms with van der Waals surface area (Å²) < 4.78 is 10.8. The van der Waals surface area contributed by atoms with Crippen LogP contribution < -0.4 is 16.0 Å². The van der Waals surface area contributed by atoms with Gasteiger partial charge in [0.05, 0.1) is 6.54 Å². The zero-order valence-electron chi connectivity index (χ0n) is 19.5. The van der Waals surface area contributed by atoms with Crippen molar-refractivity contribution in [3.8, 4) is 0 Å². The summed E-state index contributed by atoms with van der Waals surface area (Å²) in [5, 5.41) is 9.89. The van der Waals surface area contributed by atoms with Crippen LogP contribution in [-0.2, 0) is 20.8 Å². The average Bonchev–Trinajstić information content (AvgIpc) is 3.48. The van der Waals surface area contributed by atoms with Crippen molar-refractivity contribution in [2.75, 3.05) is 38.7 Å². The maximum absolute atomic E-state index is 12.3. The standard InChI is InChI=1S/C24H38N4O3.HI/c1-3-25-23(27-18-24(13-15-30-2)11-4-5-12-24)26-17-19-8-6-9-20(16-19)28-22(29)21-10-7-14-31-21;/h6,8-9,16,21H,3-5,7,10-15,17-18H2,1-2H3,(H,28,29)(H2,25,26,27);1H. The summed E-state index contributed by atoms with van der Waals surface area (Å²) in [7, 11) is 1.78. The van der Waals surface area contributed by atoms with Crippen molar-refractivity contribution < 1.29 is 14.3 Å². The highest BCUT2D eigenvalue weighted by atomic mass is 127. The average molecular weight is 559 g/mol. The fourth-order valence-corrected chi connectivity index (χ4v) is 4.50. The molecule has 1 saturated carbocycles. The number of guanidine groups is 1. The van der Waals surface area contributed by atoms with E-state index in [-0.39, 0.29) is 36.0 Å². The summed E-state index contributed by atoms with van der Waals surface area (Å²) in [5.74, 6) is 0.770. The van der Waals surface area contributed by atoms with Crippen LogP contribution in [0.25, 0.3) is 0 Å². The molecule has 3 rings (SSSR count). The smallest absolute Gasteiger partial charge is 0.253 e. The minimum atomic E-state index is -0.327. The predicted octanol–water partition coefficient (Wildman–Crippen LogP) is 4.07. The zero-order chi connectivity index (χ0) is 21.9. The molecule has 1 aromatic rings. The van der Waals surface area contributed by atoms with Gasteiger partial charge in [-0.05, 0) is 62.1 Å². The van der Waals surface area contributed by atoms with E-state index >= 15 is 0 Å². The zero-order valence-corrected chi connectivity index (χ0v) is 21.8. The molecule has 1 saturated heterocycles. The Morgan fingerprint density at radius 3 is 2.75 bits per heavy atom. The van der Waals surface area contributed by atoms with Gasteiger partial charge < -0.3 is 25.4 Å². The third-order valence-corrected chi connectivity index (χ3v) is 6.31. The van der Waals surface area contributed by atoms with Gasteiger partial charge in [0.25, 0.3) is 5.91 Å². The first kappa shape index (κ1) is 26.9. The largest absolute Gasteiger partial charge is 0.385 e. The maximum atomic E-state index is 12.3. The molecule has 0 spiro atoms. The number of hydrogen-bond acceptors (Lipinski definition) is 4. The summed E-state index contributed by atoms with van der Waals surface area (Å²) in [6.45, 7) is 5.83. The number of hydrogen-bond donors (Lipinski definition) is 3. The third kappa shape index (κ3) is 8.19. The molecule has 1 atom stereocenters. The van der Waals surface area contributed by atoms with E-state index in [0.29, 0.717) is 18.6 Å². The number of carbonyl (C=O) groups is 1. The summed E-state index contributed by atoms with van der Waals surface area (Å²) in [6, 6.07) is 7.88. The van der Waals surface area contributed by atoms with Gasteiger partial charge in [0.15, 0.2) is 5.96 Å². The second-order valence-electron chi connectivity index (χ2n) is 8.69. The Hall–Kier alpha value is -1.39. The molecule has 1 aromatic carbocycles. The van der Waals surface area contributed by atoms with E-state index < -0.39 is 0 Å². The molecule has 1 amide bonds. The Balaban J connectivity index is 0.00000363. The normalized spacial score (nSPS) is 19.9. The molecular formula is C24H39IN4O3. The van der Waals surface area contributed by atoms with E-state index in [1.54, 1.807) is 7.11 Å². The van der Waals surface area contributed by atoms with Crippen molar-refractivity contribution in [2.45, 2.75) is 64.5 Å². The van der Waals surface area contributed by atoms with Crippen LogP contribution >= 0.6 is 24.0 Å². The lowest BCUT2D eigenvalue weighted by Crippen LogP contribution is -2.43. The van der Waals surface area contributed by atoms with E-state index in [9.17, 15) is 4.79 Å². The lowest BCUT2D eigenvalue weighted by molar-refractivity contribution is -0.124. The number of halogens is 1. The quantitative estimate of drug-likeness (QED) is 0.229. The number of methoxy groups -OCH3 is 1. The Labute approximate surface area is 209 Å². The number of benzene rings is 1. The number of nitrogens with one attached hydrogen (secondary N) is 3. The molecule has 1 heterocycles. The molecule has 0 radical (unpaired) electrons. The number of nitrogens with zero attached hydrogens (tertiary/aromatic N) is 1. The van der Waals surface area contributed by atoms with Gasteiger partial charge in [0.1, 0.15) is 6.10 Å². The van der Waals surface area contributed by atoms with Crippen LogP contribution in [0.1, 0.15) is 57.4 Å². The summed E-state index contributed by atoms with van der Waals surface area (Å²) >= 11 is 0. The van der Waals surface area contributed by atoms with Crippen LogP contribution in [0.2, 0.25) is 0 Å². The Kier molecular flexibility index (Phi) is 11.7. The Morgan fingerprint density at radius 2 is 2.06 bits per heavy atom. The first-order valence-electron chi connectivity index (χ1n) is 11.7. The molecule has 0 bridgehead atoms. The van der Waals surface area contributed by atoms with Crippen LogP contribution in [0.3, 0.4) is 0 Å². The van der Waals surface area contributed by atoms with Gasteiger partial charge in [-0.15, -0.1) is 24.0 Å². The van der Waals surface area contributed by atoms with E-state index in [2.05, 4.69) is 22.9 Å². The van der Waals surface area contributed by atoms with Gasteiger partial charge >= 0.3 is 0 Å². The van der Waals surface area contributed by atoms with Gasteiger partial charge in [0, 0.05) is 39.1 Å². The molecule has 7 nitrogen and oxygen atoms in total. The van der Waals surface area contributed by atoms with Gasteiger partial charge in [-0.2, -0.15) is 0 Å². The second-order valence-corrected chi connectivity index (χ2v) is 8.69. The van der Waals surface area contributed by atoms with Crippen molar-refractivity contribution in [3.05, 3.63) is 29.8 Å². The van der Waals surface area contributed by atoms with Gasteiger partial charge in [-0.3, -0.25) is 4.79 Å². The molecule has 8 heteroatoms. The van der Waals surface area contributed by atoms with Crippen molar-refractivity contribution >= 4 is 41.5 Å². The summed E-state index contributed by atoms with van der Waals surface area (Å²) in [5.41, 5.74) is 2.14. The van der Waals surface area contributed by atoms with Crippen molar-refractivity contribution in [1.29, 1.82) is 0 Å². The number of anilines is 1. The topological polar surface area (TPSA) is 84.0 Å². The molecule has 1 aliphatic heterocycles. The highest BCUT2D eigenvalue weighted by molar-refractivity contribution is 14.0. The van der Waals surface area contributed by atoms with Crippen LogP contribution in [0.4, 0.5) is 5.69 Å². The first-order chi connectivity index (χ1) is 15.1. The van der Waals surface area contributed by atoms with Crippen LogP contribution in [0.15, 0.2) is 29.3 Å². The van der Waals surface area contributed by atoms with Crippen molar-refractivity contribution in [1.82, 2.24) is 10.6 Å². The minimum Gasteiger partial charge on any atom is -0.385 e. The second kappa shape index (κ2) is 14.0. The van der Waals surface area contributed by atoms with Crippen molar-refractivity contribution in [3.63, 3.8) is 0 Å². The van der Waals surface area contributed by atoms with Gasteiger partial charge in [-0.25, -0.2) is 4.99 Å².